The Bertz CT molecular complexity index is 883. The lowest BCUT2D eigenvalue weighted by molar-refractivity contribution is 0.0697. The molecule has 3 nitrogen and oxygen atoms in total. The van der Waals surface area contributed by atoms with Crippen LogP contribution >= 0.6 is 22.9 Å². The van der Waals surface area contributed by atoms with Gasteiger partial charge >= 0.3 is 5.97 Å². The number of carboxylic acids is 1. The first-order valence-corrected chi connectivity index (χ1v) is 6.65. The Morgan fingerprint density at radius 3 is 2.58 bits per heavy atom. The molecule has 0 atom stereocenters. The first-order chi connectivity index (χ1) is 9.06. The summed E-state index contributed by atoms with van der Waals surface area (Å²) in [5.74, 6) is -1.00. The molecule has 0 unspecified atom stereocenters. The van der Waals surface area contributed by atoms with Crippen LogP contribution in [0.1, 0.15) is 10.4 Å². The Balaban J connectivity index is 2.46. The van der Waals surface area contributed by atoms with Crippen molar-refractivity contribution in [3.05, 3.63) is 57.2 Å². The highest BCUT2D eigenvalue weighted by Crippen LogP contribution is 2.27. The number of carboxylic acid groups (broad SMARTS) is 1. The normalized spacial score (nSPS) is 11.0. The molecule has 0 radical (unpaired) electrons. The minimum atomic E-state index is -1.00. The molecule has 0 aliphatic rings. The molecule has 1 aromatic heterocycles. The van der Waals surface area contributed by atoms with Crippen molar-refractivity contribution >= 4 is 49.1 Å². The summed E-state index contributed by atoms with van der Waals surface area (Å²) >= 11 is 7.28. The maximum atomic E-state index is 12.3. The Morgan fingerprint density at radius 2 is 1.84 bits per heavy atom. The molecule has 0 aliphatic carbocycles. The summed E-state index contributed by atoms with van der Waals surface area (Å²) in [6.07, 6.45) is 0. The van der Waals surface area contributed by atoms with Crippen molar-refractivity contribution in [1.29, 1.82) is 0 Å². The molecule has 0 saturated carbocycles. The minimum absolute atomic E-state index is 0.122. The van der Waals surface area contributed by atoms with E-state index in [0.29, 0.717) is 20.5 Å². The molecule has 1 heterocycles. The second kappa shape index (κ2) is 4.33. The highest BCUT2D eigenvalue weighted by Gasteiger charge is 2.09. The molecule has 0 bridgehead atoms. The molecule has 0 aliphatic heterocycles. The van der Waals surface area contributed by atoms with E-state index in [1.54, 1.807) is 24.3 Å². The van der Waals surface area contributed by atoms with Gasteiger partial charge in [-0.05, 0) is 36.4 Å². The summed E-state index contributed by atoms with van der Waals surface area (Å²) in [6.45, 7) is 0. The average Bonchev–Trinajstić information content (AvgIpc) is 2.39. The van der Waals surface area contributed by atoms with Crippen molar-refractivity contribution in [3.8, 4) is 0 Å². The first kappa shape index (κ1) is 12.1. The number of carbonyl (C=O) groups is 1. The van der Waals surface area contributed by atoms with Crippen molar-refractivity contribution in [3.63, 3.8) is 0 Å². The van der Waals surface area contributed by atoms with Gasteiger partial charge in [0.1, 0.15) is 0 Å². The van der Waals surface area contributed by atoms with E-state index in [1.165, 1.54) is 23.5 Å². The Labute approximate surface area is 116 Å². The smallest absolute Gasteiger partial charge is 0.335 e. The van der Waals surface area contributed by atoms with Gasteiger partial charge < -0.3 is 5.11 Å². The standard InChI is InChI=1S/C14H7ClO3S/c15-8-2-4-11-10(6-8)13(16)9-3-1-7(14(17)18)5-12(9)19-11/h1-6H,(H,17,18). The summed E-state index contributed by atoms with van der Waals surface area (Å²) < 4.78 is 1.46. The number of fused-ring (bicyclic) bond motifs is 2. The topological polar surface area (TPSA) is 54.4 Å². The van der Waals surface area contributed by atoms with Crippen LogP contribution in [0.4, 0.5) is 0 Å². The third-order valence-corrected chi connectivity index (χ3v) is 4.25. The Morgan fingerprint density at radius 1 is 1.05 bits per heavy atom. The Hall–Kier alpha value is -1.91. The van der Waals surface area contributed by atoms with Gasteiger partial charge in [-0.25, -0.2) is 4.79 Å². The maximum absolute atomic E-state index is 12.3. The average molecular weight is 291 g/mol. The zero-order chi connectivity index (χ0) is 13.6. The van der Waals surface area contributed by atoms with Crippen LogP contribution in [0.5, 0.6) is 0 Å². The third kappa shape index (κ3) is 1.99. The number of benzene rings is 2. The van der Waals surface area contributed by atoms with Crippen LogP contribution in [0.15, 0.2) is 41.2 Å². The molecule has 3 aromatic rings. The zero-order valence-electron chi connectivity index (χ0n) is 9.51. The lowest BCUT2D eigenvalue weighted by Crippen LogP contribution is -2.02. The lowest BCUT2D eigenvalue weighted by atomic mass is 10.1. The van der Waals surface area contributed by atoms with Gasteiger partial charge in [0.25, 0.3) is 0 Å². The molecular weight excluding hydrogens is 284 g/mol. The van der Waals surface area contributed by atoms with Gasteiger partial charge in [0, 0.05) is 25.2 Å². The molecule has 2 aromatic carbocycles. The summed E-state index contributed by atoms with van der Waals surface area (Å²) in [5, 5.41) is 10.6. The molecule has 94 valence electrons. The molecule has 1 N–H and O–H groups in total. The number of hydrogen-bond acceptors (Lipinski definition) is 3. The maximum Gasteiger partial charge on any atom is 0.335 e. The highest BCUT2D eigenvalue weighted by molar-refractivity contribution is 7.24. The first-order valence-electron chi connectivity index (χ1n) is 5.46. The second-order valence-corrected chi connectivity index (χ2v) is 5.61. The van der Waals surface area contributed by atoms with Crippen LogP contribution in [0, 0.1) is 0 Å². The number of hydrogen-bond donors (Lipinski definition) is 1. The molecule has 0 fully saturated rings. The van der Waals surface area contributed by atoms with Gasteiger partial charge in [-0.15, -0.1) is 11.3 Å². The Kier molecular flexibility index (Phi) is 2.77. The molecule has 19 heavy (non-hydrogen) atoms. The van der Waals surface area contributed by atoms with Crippen molar-refractivity contribution in [2.45, 2.75) is 0 Å². The fraction of sp³-hybridized carbons (Fsp3) is 0. The zero-order valence-corrected chi connectivity index (χ0v) is 11.1. The van der Waals surface area contributed by atoms with E-state index >= 15 is 0 Å². The van der Waals surface area contributed by atoms with Crippen molar-refractivity contribution in [1.82, 2.24) is 0 Å². The fourth-order valence-corrected chi connectivity index (χ4v) is 3.22. The predicted molar refractivity (Wildman–Crippen MR) is 77.6 cm³/mol. The summed E-state index contributed by atoms with van der Waals surface area (Å²) in [6, 6.07) is 9.65. The van der Waals surface area contributed by atoms with E-state index < -0.39 is 5.97 Å². The summed E-state index contributed by atoms with van der Waals surface area (Å²) in [4.78, 5) is 23.3. The van der Waals surface area contributed by atoms with E-state index in [-0.39, 0.29) is 11.0 Å². The monoisotopic (exact) mass is 290 g/mol. The minimum Gasteiger partial charge on any atom is -0.478 e. The summed E-state index contributed by atoms with van der Waals surface area (Å²) in [5.41, 5.74) is 0.0552. The van der Waals surface area contributed by atoms with Crippen LogP contribution in [0.25, 0.3) is 20.2 Å². The predicted octanol–water partition coefficient (Wildman–Crippen LogP) is 3.77. The van der Waals surface area contributed by atoms with E-state index in [4.69, 9.17) is 16.7 Å². The van der Waals surface area contributed by atoms with E-state index in [0.717, 1.165) is 4.70 Å². The van der Waals surface area contributed by atoms with Crippen molar-refractivity contribution in [2.24, 2.45) is 0 Å². The largest absolute Gasteiger partial charge is 0.478 e. The molecule has 0 amide bonds. The van der Waals surface area contributed by atoms with Crippen LogP contribution in [-0.2, 0) is 0 Å². The van der Waals surface area contributed by atoms with Gasteiger partial charge in [0.2, 0.25) is 0 Å². The van der Waals surface area contributed by atoms with Gasteiger partial charge in [-0.3, -0.25) is 4.79 Å². The lowest BCUT2D eigenvalue weighted by Gasteiger charge is -2.02. The molecule has 3 rings (SSSR count). The van der Waals surface area contributed by atoms with E-state index in [1.807, 2.05) is 0 Å². The van der Waals surface area contributed by atoms with Crippen molar-refractivity contribution in [2.75, 3.05) is 0 Å². The van der Waals surface area contributed by atoms with Crippen LogP contribution in [0.2, 0.25) is 5.02 Å². The SMILES string of the molecule is O=C(O)c1ccc2c(=O)c3cc(Cl)ccc3sc2c1. The summed E-state index contributed by atoms with van der Waals surface area (Å²) in [7, 11) is 0. The van der Waals surface area contributed by atoms with Crippen LogP contribution in [0.3, 0.4) is 0 Å². The number of aromatic carboxylic acids is 1. The number of halogens is 1. The van der Waals surface area contributed by atoms with Crippen LogP contribution in [-0.4, -0.2) is 11.1 Å². The molecule has 0 saturated heterocycles. The third-order valence-electron chi connectivity index (χ3n) is 2.88. The molecular formula is C14H7ClO3S. The second-order valence-electron chi connectivity index (χ2n) is 4.09. The van der Waals surface area contributed by atoms with Gasteiger partial charge in [0.05, 0.1) is 5.56 Å². The van der Waals surface area contributed by atoms with Gasteiger partial charge in [0.15, 0.2) is 5.43 Å². The quantitative estimate of drug-likeness (QED) is 0.694. The van der Waals surface area contributed by atoms with Crippen LogP contribution < -0.4 is 5.43 Å². The fourth-order valence-electron chi connectivity index (χ4n) is 1.96. The van der Waals surface area contributed by atoms with Gasteiger partial charge in [-0.2, -0.15) is 0 Å². The molecule has 0 spiro atoms. The molecule has 5 heteroatoms. The van der Waals surface area contributed by atoms with Crippen molar-refractivity contribution < 1.29 is 9.90 Å². The van der Waals surface area contributed by atoms with E-state index in [9.17, 15) is 9.59 Å². The van der Waals surface area contributed by atoms with E-state index in [2.05, 4.69) is 0 Å². The van der Waals surface area contributed by atoms with Gasteiger partial charge in [-0.1, -0.05) is 11.6 Å². The number of rotatable bonds is 1. The highest BCUT2D eigenvalue weighted by atomic mass is 35.5.